The van der Waals surface area contributed by atoms with Gasteiger partial charge in [0.1, 0.15) is 0 Å². The SMILES string of the molecule is CC(CCN1CCNCC1)CC(C)(C)C. The second kappa shape index (κ2) is 5.86. The van der Waals surface area contributed by atoms with Crippen LogP contribution in [0.25, 0.3) is 0 Å². The van der Waals surface area contributed by atoms with Gasteiger partial charge in [-0.05, 0) is 30.7 Å². The number of nitrogens with one attached hydrogen (secondary N) is 1. The van der Waals surface area contributed by atoms with Gasteiger partial charge in [-0.2, -0.15) is 0 Å². The maximum absolute atomic E-state index is 3.40. The van der Waals surface area contributed by atoms with Gasteiger partial charge in [-0.3, -0.25) is 0 Å². The molecule has 0 spiro atoms. The molecule has 1 rings (SSSR count). The summed E-state index contributed by atoms with van der Waals surface area (Å²) in [6.07, 6.45) is 2.70. The Morgan fingerprint density at radius 2 is 1.80 bits per heavy atom. The van der Waals surface area contributed by atoms with E-state index in [1.54, 1.807) is 0 Å². The molecule has 0 amide bonds. The van der Waals surface area contributed by atoms with Gasteiger partial charge >= 0.3 is 0 Å². The van der Waals surface area contributed by atoms with Crippen LogP contribution in [0.5, 0.6) is 0 Å². The standard InChI is InChI=1S/C13H28N2/c1-12(11-13(2,3)4)5-8-15-9-6-14-7-10-15/h12,14H,5-11H2,1-4H3. The topological polar surface area (TPSA) is 15.3 Å². The minimum absolute atomic E-state index is 0.489. The van der Waals surface area contributed by atoms with Gasteiger partial charge in [0.05, 0.1) is 0 Å². The highest BCUT2D eigenvalue weighted by Gasteiger charge is 2.16. The van der Waals surface area contributed by atoms with Crippen LogP contribution in [0, 0.1) is 11.3 Å². The second-order valence-electron chi connectivity index (χ2n) is 6.25. The highest BCUT2D eigenvalue weighted by molar-refractivity contribution is 4.71. The summed E-state index contributed by atoms with van der Waals surface area (Å²) in [5.74, 6) is 0.861. The first-order chi connectivity index (χ1) is 6.97. The van der Waals surface area contributed by atoms with Crippen molar-refractivity contribution >= 4 is 0 Å². The molecule has 1 aliphatic rings. The molecule has 1 atom stereocenters. The summed E-state index contributed by atoms with van der Waals surface area (Å²) in [5, 5.41) is 3.40. The molecule has 90 valence electrons. The van der Waals surface area contributed by atoms with Gasteiger partial charge in [0.2, 0.25) is 0 Å². The Hall–Kier alpha value is -0.0800. The van der Waals surface area contributed by atoms with Crippen LogP contribution in [0.4, 0.5) is 0 Å². The highest BCUT2D eigenvalue weighted by atomic mass is 15.2. The first-order valence-electron chi connectivity index (χ1n) is 6.40. The number of hydrogen-bond donors (Lipinski definition) is 1. The second-order valence-corrected chi connectivity index (χ2v) is 6.25. The van der Waals surface area contributed by atoms with Gasteiger partial charge in [-0.15, -0.1) is 0 Å². The van der Waals surface area contributed by atoms with Gasteiger partial charge in [0.25, 0.3) is 0 Å². The van der Waals surface area contributed by atoms with Crippen molar-refractivity contribution in [2.45, 2.75) is 40.5 Å². The predicted molar refractivity (Wildman–Crippen MR) is 67.2 cm³/mol. The lowest BCUT2D eigenvalue weighted by atomic mass is 9.84. The summed E-state index contributed by atoms with van der Waals surface area (Å²) < 4.78 is 0. The molecule has 1 heterocycles. The molecule has 0 aromatic carbocycles. The molecule has 1 fully saturated rings. The molecule has 2 nitrogen and oxygen atoms in total. The zero-order chi connectivity index (χ0) is 11.3. The van der Waals surface area contributed by atoms with Crippen molar-refractivity contribution in [3.8, 4) is 0 Å². The summed E-state index contributed by atoms with van der Waals surface area (Å²) in [6, 6.07) is 0. The Balaban J connectivity index is 2.12. The quantitative estimate of drug-likeness (QED) is 0.769. The van der Waals surface area contributed by atoms with Crippen LogP contribution in [0.3, 0.4) is 0 Å². The van der Waals surface area contributed by atoms with E-state index in [1.165, 1.54) is 45.6 Å². The molecule has 1 N–H and O–H groups in total. The summed E-state index contributed by atoms with van der Waals surface area (Å²) in [5.41, 5.74) is 0.489. The molecule has 1 saturated heterocycles. The Kier molecular flexibility index (Phi) is 5.07. The maximum atomic E-state index is 3.40. The van der Waals surface area contributed by atoms with Crippen LogP contribution in [0.2, 0.25) is 0 Å². The summed E-state index contributed by atoms with van der Waals surface area (Å²) in [4.78, 5) is 2.59. The third-order valence-corrected chi connectivity index (χ3v) is 3.11. The number of piperazine rings is 1. The first-order valence-corrected chi connectivity index (χ1v) is 6.40. The third-order valence-electron chi connectivity index (χ3n) is 3.11. The van der Waals surface area contributed by atoms with E-state index in [0.29, 0.717) is 5.41 Å². The van der Waals surface area contributed by atoms with E-state index < -0.39 is 0 Å². The molecule has 1 unspecified atom stereocenters. The van der Waals surface area contributed by atoms with Crippen LogP contribution < -0.4 is 5.32 Å². The fraction of sp³-hybridized carbons (Fsp3) is 1.00. The lowest BCUT2D eigenvalue weighted by Crippen LogP contribution is -2.44. The average molecular weight is 212 g/mol. The average Bonchev–Trinajstić information content (AvgIpc) is 2.14. The van der Waals surface area contributed by atoms with Crippen molar-refractivity contribution in [3.63, 3.8) is 0 Å². The lowest BCUT2D eigenvalue weighted by Gasteiger charge is -2.29. The summed E-state index contributed by atoms with van der Waals surface area (Å²) in [6.45, 7) is 15.5. The molecule has 2 heteroatoms. The monoisotopic (exact) mass is 212 g/mol. The highest BCUT2D eigenvalue weighted by Crippen LogP contribution is 2.25. The van der Waals surface area contributed by atoms with Gasteiger partial charge in [-0.1, -0.05) is 27.7 Å². The Labute approximate surface area is 95.4 Å². The fourth-order valence-corrected chi connectivity index (χ4v) is 2.49. The number of hydrogen-bond acceptors (Lipinski definition) is 2. The smallest absolute Gasteiger partial charge is 0.0107 e. The van der Waals surface area contributed by atoms with Crippen molar-refractivity contribution in [1.29, 1.82) is 0 Å². The van der Waals surface area contributed by atoms with Gasteiger partial charge < -0.3 is 10.2 Å². The molecule has 0 radical (unpaired) electrons. The van der Waals surface area contributed by atoms with Gasteiger partial charge in [0, 0.05) is 26.2 Å². The van der Waals surface area contributed by atoms with E-state index in [9.17, 15) is 0 Å². The van der Waals surface area contributed by atoms with E-state index in [1.807, 2.05) is 0 Å². The van der Waals surface area contributed by atoms with Crippen LogP contribution in [0.15, 0.2) is 0 Å². The maximum Gasteiger partial charge on any atom is 0.0107 e. The Bertz CT molecular complexity index is 166. The lowest BCUT2D eigenvalue weighted by molar-refractivity contribution is 0.209. The third kappa shape index (κ3) is 6.16. The summed E-state index contributed by atoms with van der Waals surface area (Å²) >= 11 is 0. The zero-order valence-electron chi connectivity index (χ0n) is 11.0. The minimum Gasteiger partial charge on any atom is -0.314 e. The first kappa shape index (κ1) is 13.0. The molecule has 0 saturated carbocycles. The molecule has 0 aromatic heterocycles. The molecular weight excluding hydrogens is 184 g/mol. The molecule has 0 aliphatic carbocycles. The predicted octanol–water partition coefficient (Wildman–Crippen LogP) is 2.35. The van der Waals surface area contributed by atoms with Crippen molar-refractivity contribution in [3.05, 3.63) is 0 Å². The van der Waals surface area contributed by atoms with Crippen LogP contribution >= 0.6 is 0 Å². The van der Waals surface area contributed by atoms with Crippen molar-refractivity contribution < 1.29 is 0 Å². The Morgan fingerprint density at radius 1 is 1.20 bits per heavy atom. The molecule has 0 bridgehead atoms. The van der Waals surface area contributed by atoms with Crippen LogP contribution in [-0.4, -0.2) is 37.6 Å². The molecule has 0 aromatic rings. The van der Waals surface area contributed by atoms with Crippen LogP contribution in [0.1, 0.15) is 40.5 Å². The zero-order valence-corrected chi connectivity index (χ0v) is 11.0. The van der Waals surface area contributed by atoms with Crippen molar-refractivity contribution in [1.82, 2.24) is 10.2 Å². The van der Waals surface area contributed by atoms with Crippen LogP contribution in [-0.2, 0) is 0 Å². The molecular formula is C13H28N2. The van der Waals surface area contributed by atoms with E-state index in [4.69, 9.17) is 0 Å². The van der Waals surface area contributed by atoms with Crippen molar-refractivity contribution in [2.24, 2.45) is 11.3 Å². The number of rotatable bonds is 4. The Morgan fingerprint density at radius 3 is 2.33 bits per heavy atom. The van der Waals surface area contributed by atoms with E-state index in [2.05, 4.69) is 37.9 Å². The minimum atomic E-state index is 0.489. The van der Waals surface area contributed by atoms with E-state index in [-0.39, 0.29) is 0 Å². The van der Waals surface area contributed by atoms with E-state index >= 15 is 0 Å². The normalized spacial score (nSPS) is 21.6. The van der Waals surface area contributed by atoms with Gasteiger partial charge in [-0.25, -0.2) is 0 Å². The van der Waals surface area contributed by atoms with E-state index in [0.717, 1.165) is 5.92 Å². The van der Waals surface area contributed by atoms with Crippen molar-refractivity contribution in [2.75, 3.05) is 32.7 Å². The summed E-state index contributed by atoms with van der Waals surface area (Å²) in [7, 11) is 0. The fourth-order valence-electron chi connectivity index (χ4n) is 2.49. The molecule has 15 heavy (non-hydrogen) atoms. The molecule has 1 aliphatic heterocycles. The van der Waals surface area contributed by atoms with Gasteiger partial charge in [0.15, 0.2) is 0 Å². The largest absolute Gasteiger partial charge is 0.314 e. The number of nitrogens with zero attached hydrogens (tertiary/aromatic N) is 1.